The zero-order chi connectivity index (χ0) is 34.0. The van der Waals surface area contributed by atoms with Crippen molar-refractivity contribution >= 4 is 40.8 Å². The number of hydrogen-bond donors (Lipinski definition) is 0. The van der Waals surface area contributed by atoms with Crippen LogP contribution in [0.1, 0.15) is 54.4 Å². The van der Waals surface area contributed by atoms with Gasteiger partial charge in [-0.15, -0.1) is 0 Å². The average molecular weight is 649 g/mol. The second-order valence-corrected chi connectivity index (χ2v) is 10.0. The van der Waals surface area contributed by atoms with Crippen LogP contribution in [0.5, 0.6) is 17.2 Å². The van der Waals surface area contributed by atoms with Crippen LogP contribution in [-0.4, -0.2) is 73.8 Å². The predicted molar refractivity (Wildman–Crippen MR) is 156 cm³/mol. The maximum Gasteiger partial charge on any atom is 0.383 e. The lowest BCUT2D eigenvalue weighted by Crippen LogP contribution is -2.63. The van der Waals surface area contributed by atoms with Crippen molar-refractivity contribution in [3.05, 3.63) is 40.8 Å². The summed E-state index contributed by atoms with van der Waals surface area (Å²) >= 11 is 0. The fourth-order valence-electron chi connectivity index (χ4n) is 4.52. The molecule has 1 saturated heterocycles. The number of benzene rings is 1. The van der Waals surface area contributed by atoms with E-state index in [9.17, 15) is 28.8 Å². The van der Waals surface area contributed by atoms with Gasteiger partial charge in [0.05, 0.1) is 12.0 Å². The molecule has 0 radical (unpaired) electrons. The summed E-state index contributed by atoms with van der Waals surface area (Å²) in [5.41, 5.74) is -1.02. The summed E-state index contributed by atoms with van der Waals surface area (Å²) in [6.07, 6.45) is -1.86. The molecule has 3 rings (SSSR count). The lowest BCUT2D eigenvalue weighted by atomic mass is 9.98. The first-order chi connectivity index (χ1) is 21.8. The Labute approximate surface area is 263 Å². The monoisotopic (exact) mass is 648 g/mol. The molecule has 1 fully saturated rings. The van der Waals surface area contributed by atoms with Gasteiger partial charge in [0.2, 0.25) is 12.4 Å². The van der Waals surface area contributed by atoms with E-state index in [0.717, 1.165) is 41.0 Å². The number of carbonyl (C=O) groups excluding carboxylic acids is 5. The summed E-state index contributed by atoms with van der Waals surface area (Å²) < 4.78 is 49.6. The zero-order valence-corrected chi connectivity index (χ0v) is 26.2. The van der Waals surface area contributed by atoms with Gasteiger partial charge < -0.3 is 42.3 Å². The molecule has 46 heavy (non-hydrogen) atoms. The van der Waals surface area contributed by atoms with Gasteiger partial charge in [-0.3, -0.25) is 24.0 Å². The molecule has 1 aromatic heterocycles. The fourth-order valence-corrected chi connectivity index (χ4v) is 4.52. The van der Waals surface area contributed by atoms with Crippen LogP contribution in [0.3, 0.4) is 0 Å². The molecule has 2 heterocycles. The van der Waals surface area contributed by atoms with Gasteiger partial charge in [0.25, 0.3) is 5.75 Å². The minimum absolute atomic E-state index is 0.0219. The SMILES string of the molecule is CC/C=C/CCOc1c(OC(C)=O)c(=O)oc2cc(O[C@H]3O[C@H](COC(C)=O)[C@@H](OC(C)=O)[C@H](OC(C)=O)[C@@H]3OC(C)=O)ccc12. The number of rotatable bonds is 13. The molecule has 15 nitrogen and oxygen atoms in total. The van der Waals surface area contributed by atoms with Gasteiger partial charge in [0.1, 0.15) is 24.0 Å². The highest BCUT2D eigenvalue weighted by atomic mass is 16.7. The van der Waals surface area contributed by atoms with E-state index in [-0.39, 0.29) is 29.1 Å². The van der Waals surface area contributed by atoms with Gasteiger partial charge in [-0.2, -0.15) is 0 Å². The third kappa shape index (κ3) is 9.79. The van der Waals surface area contributed by atoms with Crippen LogP contribution >= 0.6 is 0 Å². The van der Waals surface area contributed by atoms with Crippen LogP contribution < -0.4 is 19.8 Å². The van der Waals surface area contributed by atoms with Crippen LogP contribution in [0, 0.1) is 0 Å². The van der Waals surface area contributed by atoms with Crippen LogP contribution in [-0.2, 0) is 47.7 Å². The fraction of sp³-hybridized carbons (Fsp3) is 0.484. The van der Waals surface area contributed by atoms with Crippen LogP contribution in [0.15, 0.2) is 39.6 Å². The smallest absolute Gasteiger partial charge is 0.383 e. The summed E-state index contributed by atoms with van der Waals surface area (Å²) in [7, 11) is 0. The van der Waals surface area contributed by atoms with Crippen molar-refractivity contribution in [3.63, 3.8) is 0 Å². The number of allylic oxidation sites excluding steroid dienone is 1. The van der Waals surface area contributed by atoms with Crippen LogP contribution in [0.25, 0.3) is 11.0 Å². The second kappa shape index (κ2) is 16.4. The molecule has 1 aromatic carbocycles. The Morgan fingerprint density at radius 1 is 0.804 bits per heavy atom. The average Bonchev–Trinajstić information content (AvgIpc) is 2.95. The Morgan fingerprint density at radius 3 is 2.07 bits per heavy atom. The molecule has 1 aliphatic rings. The largest absolute Gasteiger partial charge is 0.488 e. The lowest BCUT2D eigenvalue weighted by Gasteiger charge is -2.43. The van der Waals surface area contributed by atoms with E-state index in [0.29, 0.717) is 6.42 Å². The minimum atomic E-state index is -1.52. The first-order valence-electron chi connectivity index (χ1n) is 14.3. The van der Waals surface area contributed by atoms with E-state index in [1.54, 1.807) is 0 Å². The Balaban J connectivity index is 2.05. The lowest BCUT2D eigenvalue weighted by molar-refractivity contribution is -0.288. The maximum absolute atomic E-state index is 12.8. The first kappa shape index (κ1) is 35.6. The molecule has 0 amide bonds. The Hall–Kier alpha value is -4.92. The molecule has 5 atom stereocenters. The highest BCUT2D eigenvalue weighted by Gasteiger charge is 2.53. The van der Waals surface area contributed by atoms with Gasteiger partial charge in [0.15, 0.2) is 18.0 Å². The number of hydrogen-bond acceptors (Lipinski definition) is 15. The highest BCUT2D eigenvalue weighted by molar-refractivity contribution is 5.87. The van der Waals surface area contributed by atoms with Crippen molar-refractivity contribution < 1.29 is 66.3 Å². The van der Waals surface area contributed by atoms with Gasteiger partial charge in [-0.05, 0) is 25.0 Å². The molecule has 0 unspecified atom stereocenters. The second-order valence-electron chi connectivity index (χ2n) is 10.0. The standard InChI is InChI=1S/C31H36O15/c1-7-8-9-10-13-38-25-22-12-11-21(14-23(22)45-30(37)28(25)42-19(5)35)44-31-29(43-20(6)36)27(41-18(4)34)26(40-17(3)33)24(46-31)15-39-16(2)32/h8-9,11-12,14,24,26-27,29,31H,7,10,13,15H2,1-6H3/b9-8+/t24-,26-,27+,29+,31+/m1/s1. The molecular formula is C31H36O15. The molecule has 0 saturated carbocycles. The Bertz CT molecular complexity index is 1520. The molecule has 0 aliphatic carbocycles. The normalized spacial score (nSPS) is 20.9. The molecule has 15 heteroatoms. The van der Waals surface area contributed by atoms with Crippen molar-refractivity contribution in [2.24, 2.45) is 0 Å². The quantitative estimate of drug-likeness (QED) is 0.101. The number of esters is 5. The summed E-state index contributed by atoms with van der Waals surface area (Å²) in [6, 6.07) is 4.23. The van der Waals surface area contributed by atoms with Crippen LogP contribution in [0.2, 0.25) is 0 Å². The summed E-state index contributed by atoms with van der Waals surface area (Å²) in [6.45, 7) is 7.26. The van der Waals surface area contributed by atoms with Gasteiger partial charge >= 0.3 is 35.5 Å². The molecule has 0 spiro atoms. The third-order valence-electron chi connectivity index (χ3n) is 6.17. The van der Waals surface area contributed by atoms with Gasteiger partial charge in [-0.25, -0.2) is 4.79 Å². The van der Waals surface area contributed by atoms with Crippen molar-refractivity contribution in [3.8, 4) is 17.2 Å². The number of carbonyl (C=O) groups is 5. The van der Waals surface area contributed by atoms with Crippen molar-refractivity contribution in [1.82, 2.24) is 0 Å². The summed E-state index contributed by atoms with van der Waals surface area (Å²) in [5, 5.41) is 0.268. The molecule has 2 aromatic rings. The van der Waals surface area contributed by atoms with Crippen LogP contribution in [0.4, 0.5) is 0 Å². The van der Waals surface area contributed by atoms with E-state index in [4.69, 9.17) is 42.3 Å². The van der Waals surface area contributed by atoms with Gasteiger partial charge in [-0.1, -0.05) is 19.1 Å². The van der Waals surface area contributed by atoms with E-state index < -0.39 is 78.5 Å². The van der Waals surface area contributed by atoms with Gasteiger partial charge in [0, 0.05) is 40.7 Å². The number of ether oxygens (including phenoxy) is 8. The van der Waals surface area contributed by atoms with E-state index in [1.807, 2.05) is 19.1 Å². The molecule has 0 bridgehead atoms. The van der Waals surface area contributed by atoms with Crippen molar-refractivity contribution in [2.45, 2.75) is 85.1 Å². The Kier molecular flexibility index (Phi) is 12.7. The maximum atomic E-state index is 12.8. The van der Waals surface area contributed by atoms with Crippen molar-refractivity contribution in [1.29, 1.82) is 0 Å². The highest BCUT2D eigenvalue weighted by Crippen LogP contribution is 2.36. The zero-order valence-electron chi connectivity index (χ0n) is 26.2. The van der Waals surface area contributed by atoms with E-state index in [2.05, 4.69) is 0 Å². The molecule has 250 valence electrons. The molecule has 1 aliphatic heterocycles. The topological polar surface area (TPSA) is 189 Å². The molecule has 0 N–H and O–H groups in total. The third-order valence-corrected chi connectivity index (χ3v) is 6.17. The van der Waals surface area contributed by atoms with E-state index >= 15 is 0 Å². The summed E-state index contributed by atoms with van der Waals surface area (Å²) in [4.78, 5) is 72.3. The number of fused-ring (bicyclic) bond motifs is 1. The first-order valence-corrected chi connectivity index (χ1v) is 14.3. The Morgan fingerprint density at radius 2 is 1.46 bits per heavy atom. The minimum Gasteiger partial charge on any atom is -0.488 e. The molecular weight excluding hydrogens is 612 g/mol. The van der Waals surface area contributed by atoms with E-state index in [1.165, 1.54) is 18.2 Å². The predicted octanol–water partition coefficient (Wildman–Crippen LogP) is 2.92. The summed E-state index contributed by atoms with van der Waals surface area (Å²) in [5.74, 6) is -4.25. The van der Waals surface area contributed by atoms with Crippen molar-refractivity contribution in [2.75, 3.05) is 13.2 Å².